The molecule has 0 heterocycles. The molecule has 2 aromatic carbocycles. The molecular formula is C20H21F3. The van der Waals surface area contributed by atoms with Crippen molar-refractivity contribution in [1.29, 1.82) is 0 Å². The molecule has 0 N–H and O–H groups in total. The van der Waals surface area contributed by atoms with Crippen LogP contribution in [0.2, 0.25) is 0 Å². The van der Waals surface area contributed by atoms with Crippen molar-refractivity contribution >= 4 is 6.08 Å². The number of aryl methyl sites for hydroxylation is 2. The van der Waals surface area contributed by atoms with Gasteiger partial charge in [0.25, 0.3) is 0 Å². The van der Waals surface area contributed by atoms with Gasteiger partial charge in [0, 0.05) is 0 Å². The number of hydrogen-bond acceptors (Lipinski definition) is 0. The third kappa shape index (κ3) is 5.27. The van der Waals surface area contributed by atoms with Gasteiger partial charge in [-0.2, -0.15) is 0 Å². The Labute approximate surface area is 135 Å². The molecule has 0 saturated carbocycles. The molecule has 3 heteroatoms. The van der Waals surface area contributed by atoms with Gasteiger partial charge < -0.3 is 0 Å². The molecule has 0 nitrogen and oxygen atoms in total. The van der Waals surface area contributed by atoms with E-state index in [0.717, 1.165) is 29.7 Å². The lowest BCUT2D eigenvalue weighted by atomic mass is 10.0. The smallest absolute Gasteiger partial charge is 0.194 e. The lowest BCUT2D eigenvalue weighted by Crippen LogP contribution is -1.97. The van der Waals surface area contributed by atoms with Crippen molar-refractivity contribution in [2.24, 2.45) is 0 Å². The molecule has 0 radical (unpaired) electrons. The first-order valence-electron chi connectivity index (χ1n) is 7.99. The minimum atomic E-state index is -1.41. The Balaban J connectivity index is 1.92. The molecule has 0 fully saturated rings. The monoisotopic (exact) mass is 318 g/mol. The predicted octanol–water partition coefficient (Wildman–Crippen LogP) is 6.09. The van der Waals surface area contributed by atoms with Crippen LogP contribution in [0, 0.1) is 17.5 Å². The van der Waals surface area contributed by atoms with Gasteiger partial charge in [-0.3, -0.25) is 0 Å². The summed E-state index contributed by atoms with van der Waals surface area (Å²) in [7, 11) is 0. The van der Waals surface area contributed by atoms with E-state index in [1.807, 2.05) is 24.3 Å². The number of allylic oxidation sites excluding steroid dienone is 1. The first kappa shape index (κ1) is 17.3. The van der Waals surface area contributed by atoms with Gasteiger partial charge in [0.05, 0.1) is 0 Å². The molecule has 0 amide bonds. The molecule has 0 unspecified atom stereocenters. The standard InChI is InChI=1S/C20H21F3/c1-2-3-4-5-6-15-7-9-16(10-8-15)11-12-17-13-18(21)20(23)19(22)14-17/h5-10,13-14H,2-4,11-12H2,1H3/b6-5+. The van der Waals surface area contributed by atoms with Gasteiger partial charge in [-0.05, 0) is 48.1 Å². The third-order valence-electron chi connectivity index (χ3n) is 3.76. The maximum absolute atomic E-state index is 13.2. The van der Waals surface area contributed by atoms with Gasteiger partial charge in [0.15, 0.2) is 17.5 Å². The van der Waals surface area contributed by atoms with Crippen LogP contribution in [-0.4, -0.2) is 0 Å². The Hall–Kier alpha value is -2.03. The Morgan fingerprint density at radius 2 is 1.48 bits per heavy atom. The SMILES string of the molecule is CCCC/C=C/c1ccc(CCc2cc(F)c(F)c(F)c2)cc1. The highest BCUT2D eigenvalue weighted by Crippen LogP contribution is 2.16. The van der Waals surface area contributed by atoms with E-state index >= 15 is 0 Å². The number of hydrogen-bond donors (Lipinski definition) is 0. The molecule has 2 rings (SSSR count). The van der Waals surface area contributed by atoms with Gasteiger partial charge in [0.2, 0.25) is 0 Å². The molecule has 0 bridgehead atoms. The molecule has 23 heavy (non-hydrogen) atoms. The van der Waals surface area contributed by atoms with Gasteiger partial charge in [-0.1, -0.05) is 56.2 Å². The fourth-order valence-corrected chi connectivity index (χ4v) is 2.38. The number of halogens is 3. The Morgan fingerprint density at radius 1 is 0.870 bits per heavy atom. The van der Waals surface area contributed by atoms with Crippen molar-refractivity contribution in [3.63, 3.8) is 0 Å². The average molecular weight is 318 g/mol. The van der Waals surface area contributed by atoms with Crippen LogP contribution in [0.5, 0.6) is 0 Å². The predicted molar refractivity (Wildman–Crippen MR) is 88.7 cm³/mol. The number of rotatable bonds is 7. The maximum atomic E-state index is 13.2. The number of benzene rings is 2. The van der Waals surface area contributed by atoms with E-state index in [-0.39, 0.29) is 0 Å². The van der Waals surface area contributed by atoms with Crippen LogP contribution >= 0.6 is 0 Å². The van der Waals surface area contributed by atoms with Crippen molar-refractivity contribution in [2.45, 2.75) is 39.0 Å². The van der Waals surface area contributed by atoms with Crippen LogP contribution in [0.1, 0.15) is 42.9 Å². The van der Waals surface area contributed by atoms with Crippen molar-refractivity contribution in [1.82, 2.24) is 0 Å². The quantitative estimate of drug-likeness (QED) is 0.428. The average Bonchev–Trinajstić information content (AvgIpc) is 2.55. The molecule has 2 aromatic rings. The second-order valence-corrected chi connectivity index (χ2v) is 5.66. The lowest BCUT2D eigenvalue weighted by molar-refractivity contribution is 0.445. The summed E-state index contributed by atoms with van der Waals surface area (Å²) >= 11 is 0. The summed E-state index contributed by atoms with van der Waals surface area (Å²) in [5.74, 6) is -3.67. The van der Waals surface area contributed by atoms with E-state index in [4.69, 9.17) is 0 Å². The van der Waals surface area contributed by atoms with E-state index in [9.17, 15) is 13.2 Å². The molecule has 0 aliphatic heterocycles. The summed E-state index contributed by atoms with van der Waals surface area (Å²) in [4.78, 5) is 0. The van der Waals surface area contributed by atoms with E-state index in [0.29, 0.717) is 18.4 Å². The van der Waals surface area contributed by atoms with E-state index in [1.54, 1.807) is 0 Å². The zero-order valence-electron chi connectivity index (χ0n) is 13.3. The summed E-state index contributed by atoms with van der Waals surface area (Å²) < 4.78 is 39.3. The van der Waals surface area contributed by atoms with Gasteiger partial charge >= 0.3 is 0 Å². The molecule has 0 aliphatic carbocycles. The third-order valence-corrected chi connectivity index (χ3v) is 3.76. The largest absolute Gasteiger partial charge is 0.204 e. The molecule has 0 atom stereocenters. The van der Waals surface area contributed by atoms with Crippen LogP contribution < -0.4 is 0 Å². The van der Waals surface area contributed by atoms with Crippen LogP contribution in [0.4, 0.5) is 13.2 Å². The summed E-state index contributed by atoms with van der Waals surface area (Å²) in [5.41, 5.74) is 2.69. The molecule has 0 saturated heterocycles. The fourth-order valence-electron chi connectivity index (χ4n) is 2.38. The first-order valence-corrected chi connectivity index (χ1v) is 7.99. The Morgan fingerprint density at radius 3 is 2.09 bits per heavy atom. The molecule has 0 aliphatic rings. The summed E-state index contributed by atoms with van der Waals surface area (Å²) in [5, 5.41) is 0. The highest BCUT2D eigenvalue weighted by molar-refractivity contribution is 5.49. The van der Waals surface area contributed by atoms with Crippen molar-refractivity contribution in [3.8, 4) is 0 Å². The number of unbranched alkanes of at least 4 members (excludes halogenated alkanes) is 2. The topological polar surface area (TPSA) is 0 Å². The molecular weight excluding hydrogens is 297 g/mol. The van der Waals surface area contributed by atoms with E-state index in [1.165, 1.54) is 12.8 Å². The highest BCUT2D eigenvalue weighted by Gasteiger charge is 2.10. The summed E-state index contributed by atoms with van der Waals surface area (Å²) in [6, 6.07) is 10.2. The second kappa shape index (κ2) is 8.56. The van der Waals surface area contributed by atoms with Crippen LogP contribution in [0.25, 0.3) is 6.08 Å². The van der Waals surface area contributed by atoms with Gasteiger partial charge in [-0.15, -0.1) is 0 Å². The van der Waals surface area contributed by atoms with Crippen molar-refractivity contribution in [2.75, 3.05) is 0 Å². The van der Waals surface area contributed by atoms with Crippen molar-refractivity contribution < 1.29 is 13.2 Å². The minimum absolute atomic E-state index is 0.463. The lowest BCUT2D eigenvalue weighted by Gasteiger charge is -2.05. The van der Waals surface area contributed by atoms with Gasteiger partial charge in [-0.25, -0.2) is 13.2 Å². The van der Waals surface area contributed by atoms with Crippen LogP contribution in [-0.2, 0) is 12.8 Å². The molecule has 122 valence electrons. The van der Waals surface area contributed by atoms with E-state index in [2.05, 4.69) is 19.1 Å². The van der Waals surface area contributed by atoms with Crippen molar-refractivity contribution in [3.05, 3.63) is 76.6 Å². The zero-order valence-corrected chi connectivity index (χ0v) is 13.3. The van der Waals surface area contributed by atoms with Crippen LogP contribution in [0.3, 0.4) is 0 Å². The fraction of sp³-hybridized carbons (Fsp3) is 0.300. The summed E-state index contributed by atoms with van der Waals surface area (Å²) in [6.07, 6.45) is 8.87. The molecule has 0 aromatic heterocycles. The maximum Gasteiger partial charge on any atom is 0.194 e. The van der Waals surface area contributed by atoms with Crippen LogP contribution in [0.15, 0.2) is 42.5 Å². The second-order valence-electron chi connectivity index (χ2n) is 5.66. The van der Waals surface area contributed by atoms with Gasteiger partial charge in [0.1, 0.15) is 0 Å². The normalized spacial score (nSPS) is 11.3. The highest BCUT2D eigenvalue weighted by atomic mass is 19.2. The Kier molecular flexibility index (Phi) is 6.45. The minimum Gasteiger partial charge on any atom is -0.204 e. The Bertz CT molecular complexity index is 634. The molecule has 0 spiro atoms. The van der Waals surface area contributed by atoms with E-state index < -0.39 is 17.5 Å². The zero-order chi connectivity index (χ0) is 16.7. The summed E-state index contributed by atoms with van der Waals surface area (Å²) in [6.45, 7) is 2.17. The first-order chi connectivity index (χ1) is 11.1.